The van der Waals surface area contributed by atoms with Crippen LogP contribution in [0.25, 0.3) is 10.1 Å². The second-order valence-corrected chi connectivity index (χ2v) is 6.55. The van der Waals surface area contributed by atoms with Gasteiger partial charge in [0.2, 0.25) is 0 Å². The largest absolute Gasteiger partial charge is 0.507 e. The standard InChI is InChI=1S/C16H9ClN2O6S/c17-12-9-2-1-3-10(19(24)25)13(9)26-14(12)15(21)18-7-4-5-8(16(22)23)11(20)6-7/h1-6,20H,(H,18,21)(H,22,23). The van der Waals surface area contributed by atoms with Gasteiger partial charge >= 0.3 is 5.97 Å². The Bertz CT molecular complexity index is 1080. The zero-order valence-corrected chi connectivity index (χ0v) is 14.3. The third-order valence-corrected chi connectivity index (χ3v) is 5.25. The molecule has 0 saturated heterocycles. The summed E-state index contributed by atoms with van der Waals surface area (Å²) in [7, 11) is 0. The zero-order valence-electron chi connectivity index (χ0n) is 12.7. The van der Waals surface area contributed by atoms with Crippen molar-refractivity contribution in [3.8, 4) is 5.75 Å². The number of phenols is 1. The molecular formula is C16H9ClN2O6S. The van der Waals surface area contributed by atoms with Crippen molar-refractivity contribution in [2.45, 2.75) is 0 Å². The monoisotopic (exact) mass is 392 g/mol. The van der Waals surface area contributed by atoms with Crippen LogP contribution >= 0.6 is 22.9 Å². The van der Waals surface area contributed by atoms with E-state index in [9.17, 15) is 24.8 Å². The fraction of sp³-hybridized carbons (Fsp3) is 0. The normalized spacial score (nSPS) is 10.7. The van der Waals surface area contributed by atoms with Crippen LogP contribution < -0.4 is 5.32 Å². The Hall–Kier alpha value is -3.17. The number of hydrogen-bond donors (Lipinski definition) is 3. The number of thiophene rings is 1. The maximum Gasteiger partial charge on any atom is 0.339 e. The van der Waals surface area contributed by atoms with Crippen molar-refractivity contribution in [2.24, 2.45) is 0 Å². The Kier molecular flexibility index (Phi) is 4.49. The number of carbonyl (C=O) groups excluding carboxylic acids is 1. The number of non-ortho nitro benzene ring substituents is 1. The van der Waals surface area contributed by atoms with E-state index >= 15 is 0 Å². The van der Waals surface area contributed by atoms with E-state index in [0.717, 1.165) is 23.5 Å². The Balaban J connectivity index is 1.97. The number of fused-ring (bicyclic) bond motifs is 1. The van der Waals surface area contributed by atoms with Crippen LogP contribution in [0.3, 0.4) is 0 Å². The minimum absolute atomic E-state index is 0.0674. The van der Waals surface area contributed by atoms with Crippen LogP contribution in [0.15, 0.2) is 36.4 Å². The average Bonchev–Trinajstić information content (AvgIpc) is 2.91. The molecule has 2 aromatic carbocycles. The SMILES string of the molecule is O=C(O)c1ccc(NC(=O)c2sc3c([N+](=O)[O-])cccc3c2Cl)cc1O. The van der Waals surface area contributed by atoms with E-state index < -0.39 is 22.5 Å². The lowest BCUT2D eigenvalue weighted by Gasteiger charge is -2.06. The molecule has 0 spiro atoms. The molecule has 1 aromatic heterocycles. The first-order valence-corrected chi connectivity index (χ1v) is 8.22. The first kappa shape index (κ1) is 17.6. The summed E-state index contributed by atoms with van der Waals surface area (Å²) >= 11 is 7.07. The minimum Gasteiger partial charge on any atom is -0.507 e. The highest BCUT2D eigenvalue weighted by molar-refractivity contribution is 7.22. The number of nitro benzene ring substituents is 1. The van der Waals surface area contributed by atoms with E-state index in [0.29, 0.717) is 5.39 Å². The van der Waals surface area contributed by atoms with Gasteiger partial charge in [0.05, 0.1) is 9.95 Å². The van der Waals surface area contributed by atoms with Crippen molar-refractivity contribution in [3.63, 3.8) is 0 Å². The fourth-order valence-corrected chi connectivity index (χ4v) is 3.83. The van der Waals surface area contributed by atoms with Crippen molar-refractivity contribution in [3.05, 3.63) is 62.0 Å². The number of carbonyl (C=O) groups is 2. The number of rotatable bonds is 4. The maximum atomic E-state index is 12.5. The number of halogens is 1. The van der Waals surface area contributed by atoms with E-state index in [4.69, 9.17) is 16.7 Å². The second kappa shape index (κ2) is 6.62. The molecule has 3 N–H and O–H groups in total. The second-order valence-electron chi connectivity index (χ2n) is 5.15. The molecule has 132 valence electrons. The number of aromatic carboxylic acids is 1. The van der Waals surface area contributed by atoms with E-state index in [1.807, 2.05) is 0 Å². The maximum absolute atomic E-state index is 12.5. The van der Waals surface area contributed by atoms with Gasteiger partial charge < -0.3 is 15.5 Å². The van der Waals surface area contributed by atoms with Gasteiger partial charge in [-0.15, -0.1) is 11.3 Å². The first-order chi connectivity index (χ1) is 12.3. The molecule has 0 bridgehead atoms. The Morgan fingerprint density at radius 1 is 1.23 bits per heavy atom. The summed E-state index contributed by atoms with van der Waals surface area (Å²) in [5.74, 6) is -2.44. The number of anilines is 1. The third-order valence-electron chi connectivity index (χ3n) is 3.52. The molecule has 0 aliphatic carbocycles. The van der Waals surface area contributed by atoms with Crippen LogP contribution in [-0.4, -0.2) is 27.0 Å². The lowest BCUT2D eigenvalue weighted by atomic mass is 10.2. The molecule has 1 amide bonds. The van der Waals surface area contributed by atoms with Gasteiger partial charge in [-0.25, -0.2) is 4.79 Å². The number of nitrogens with zero attached hydrogens (tertiary/aromatic N) is 1. The molecule has 8 nitrogen and oxygen atoms in total. The molecule has 1 heterocycles. The quantitative estimate of drug-likeness (QED) is 0.452. The lowest BCUT2D eigenvalue weighted by molar-refractivity contribution is -0.382. The van der Waals surface area contributed by atoms with Crippen LogP contribution in [0.2, 0.25) is 5.02 Å². The molecule has 0 fully saturated rings. The minimum atomic E-state index is -1.31. The molecule has 0 radical (unpaired) electrons. The predicted molar refractivity (Wildman–Crippen MR) is 96.5 cm³/mol. The number of carboxylic acid groups (broad SMARTS) is 1. The van der Waals surface area contributed by atoms with Gasteiger partial charge in [-0.05, 0) is 12.1 Å². The number of benzene rings is 2. The summed E-state index contributed by atoms with van der Waals surface area (Å²) < 4.78 is 0.275. The summed E-state index contributed by atoms with van der Waals surface area (Å²) in [4.78, 5) is 34.0. The Labute approximate surface area is 154 Å². The fourth-order valence-electron chi connectivity index (χ4n) is 2.34. The summed E-state index contributed by atoms with van der Waals surface area (Å²) in [5, 5.41) is 32.6. The molecule has 0 aliphatic heterocycles. The van der Waals surface area contributed by atoms with Crippen LogP contribution in [0.4, 0.5) is 11.4 Å². The molecule has 26 heavy (non-hydrogen) atoms. The lowest BCUT2D eigenvalue weighted by Crippen LogP contribution is -2.11. The van der Waals surface area contributed by atoms with Gasteiger partial charge in [-0.3, -0.25) is 14.9 Å². The van der Waals surface area contributed by atoms with Gasteiger partial charge in [-0.1, -0.05) is 23.7 Å². The molecule has 10 heteroatoms. The summed E-state index contributed by atoms with van der Waals surface area (Å²) in [6.07, 6.45) is 0. The number of hydrogen-bond acceptors (Lipinski definition) is 6. The van der Waals surface area contributed by atoms with E-state index in [2.05, 4.69) is 5.32 Å². The predicted octanol–water partition coefficient (Wildman–Crippen LogP) is 4.12. The van der Waals surface area contributed by atoms with E-state index in [1.54, 1.807) is 6.07 Å². The van der Waals surface area contributed by atoms with Crippen LogP contribution in [0.5, 0.6) is 5.75 Å². The van der Waals surface area contributed by atoms with Crippen molar-refractivity contribution >= 4 is 56.3 Å². The van der Waals surface area contributed by atoms with Crippen LogP contribution in [-0.2, 0) is 0 Å². The topological polar surface area (TPSA) is 130 Å². The van der Waals surface area contributed by atoms with Crippen LogP contribution in [0, 0.1) is 10.1 Å². The van der Waals surface area contributed by atoms with Gasteiger partial charge in [0, 0.05) is 23.2 Å². The van der Waals surface area contributed by atoms with Crippen molar-refractivity contribution in [1.29, 1.82) is 0 Å². The Morgan fingerprint density at radius 2 is 1.96 bits per heavy atom. The summed E-state index contributed by atoms with van der Waals surface area (Å²) in [6.45, 7) is 0. The average molecular weight is 393 g/mol. The molecule has 0 saturated carbocycles. The number of carboxylic acids is 1. The molecule has 3 rings (SSSR count). The number of amides is 1. The first-order valence-electron chi connectivity index (χ1n) is 7.02. The van der Waals surface area contributed by atoms with Crippen molar-refractivity contribution in [1.82, 2.24) is 0 Å². The van der Waals surface area contributed by atoms with Gasteiger partial charge in [0.15, 0.2) is 0 Å². The van der Waals surface area contributed by atoms with E-state index in [1.165, 1.54) is 18.2 Å². The molecule has 0 atom stereocenters. The van der Waals surface area contributed by atoms with Crippen molar-refractivity contribution < 1.29 is 24.7 Å². The smallest absolute Gasteiger partial charge is 0.339 e. The van der Waals surface area contributed by atoms with Crippen molar-refractivity contribution in [2.75, 3.05) is 5.32 Å². The number of nitrogens with one attached hydrogen (secondary N) is 1. The zero-order chi connectivity index (χ0) is 19.0. The molecular weight excluding hydrogens is 384 g/mol. The highest BCUT2D eigenvalue weighted by atomic mass is 35.5. The summed E-state index contributed by atoms with van der Waals surface area (Å²) in [5.41, 5.74) is -0.309. The van der Waals surface area contributed by atoms with Gasteiger partial charge in [0.1, 0.15) is 20.9 Å². The van der Waals surface area contributed by atoms with Crippen LogP contribution in [0.1, 0.15) is 20.0 Å². The number of nitro groups is 1. The van der Waals surface area contributed by atoms with E-state index in [-0.39, 0.29) is 31.5 Å². The summed E-state index contributed by atoms with van der Waals surface area (Å²) in [6, 6.07) is 7.91. The van der Waals surface area contributed by atoms with Gasteiger partial charge in [0.25, 0.3) is 11.6 Å². The number of aromatic hydroxyl groups is 1. The highest BCUT2D eigenvalue weighted by Crippen LogP contribution is 2.40. The highest BCUT2D eigenvalue weighted by Gasteiger charge is 2.23. The Morgan fingerprint density at radius 3 is 2.58 bits per heavy atom. The molecule has 0 aliphatic rings. The molecule has 3 aromatic rings. The van der Waals surface area contributed by atoms with Gasteiger partial charge in [-0.2, -0.15) is 0 Å². The third kappa shape index (κ3) is 3.05. The molecule has 0 unspecified atom stereocenters.